The molecule has 8 heterocycles. The Bertz CT molecular complexity index is 3210. The number of pyridine rings is 4. The lowest BCUT2D eigenvalue weighted by Crippen LogP contribution is -2.44. The molecule has 0 saturated carbocycles. The molecule has 6 aromatic rings. The predicted octanol–water partition coefficient (Wildman–Crippen LogP) is 4.85. The number of phenolic OH excluding ortho intramolecular Hbond substituents is 1. The Kier molecular flexibility index (Phi) is 11.3. The van der Waals surface area contributed by atoms with Crippen LogP contribution in [0.15, 0.2) is 75.2 Å². The number of aromatic nitrogens is 4. The molecule has 0 aliphatic carbocycles. The first-order valence-electron chi connectivity index (χ1n) is 21.7. The number of nitrogens with one attached hydrogen (secondary N) is 1. The number of hydrogen-bond donors (Lipinski definition) is 4. The van der Waals surface area contributed by atoms with Crippen molar-refractivity contribution in [1.29, 1.82) is 0 Å². The second kappa shape index (κ2) is 17.1. The Morgan fingerprint density at radius 1 is 0.758 bits per heavy atom. The van der Waals surface area contributed by atoms with E-state index >= 15 is 0 Å². The van der Waals surface area contributed by atoms with Crippen LogP contribution in [0.1, 0.15) is 85.8 Å². The number of aromatic hydroxyl groups is 1. The van der Waals surface area contributed by atoms with E-state index in [1.807, 2.05) is 12.1 Å². The number of ether oxygens (including phenoxy) is 3. The number of esters is 2. The van der Waals surface area contributed by atoms with Crippen LogP contribution in [-0.4, -0.2) is 71.6 Å². The maximum Gasteiger partial charge on any atom is 0.412 e. The van der Waals surface area contributed by atoms with Crippen molar-refractivity contribution in [3.63, 3.8) is 0 Å². The van der Waals surface area contributed by atoms with Gasteiger partial charge in [-0.05, 0) is 86.3 Å². The Labute approximate surface area is 375 Å². The Morgan fingerprint density at radius 2 is 1.29 bits per heavy atom. The predicted molar refractivity (Wildman–Crippen MR) is 236 cm³/mol. The summed E-state index contributed by atoms with van der Waals surface area (Å²) in [5.74, 6) is -0.984. The van der Waals surface area contributed by atoms with Gasteiger partial charge in [-0.1, -0.05) is 26.7 Å². The van der Waals surface area contributed by atoms with Crippen LogP contribution >= 0.6 is 0 Å². The highest BCUT2D eigenvalue weighted by Crippen LogP contribution is 2.41. The molecule has 18 heteroatoms. The molecule has 4 aliphatic heterocycles. The molecule has 0 fully saturated rings. The Hall–Kier alpha value is -7.53. The number of aliphatic hydroxyl groups is 2. The number of amides is 1. The van der Waals surface area contributed by atoms with Crippen LogP contribution in [0.3, 0.4) is 0 Å². The average molecular weight is 897 g/mol. The molecule has 18 nitrogen and oxygen atoms in total. The monoisotopic (exact) mass is 896 g/mol. The summed E-state index contributed by atoms with van der Waals surface area (Å²) in [6.07, 6.45) is 4.55. The maximum absolute atomic E-state index is 13.3. The van der Waals surface area contributed by atoms with Crippen molar-refractivity contribution >= 4 is 45.9 Å². The van der Waals surface area contributed by atoms with Gasteiger partial charge in [-0.3, -0.25) is 9.59 Å². The zero-order valence-corrected chi connectivity index (χ0v) is 36.0. The molecular formula is C48H44N6O12. The van der Waals surface area contributed by atoms with E-state index in [0.29, 0.717) is 70.3 Å². The Balaban J connectivity index is 0.000000177. The van der Waals surface area contributed by atoms with Gasteiger partial charge < -0.3 is 44.0 Å². The van der Waals surface area contributed by atoms with Crippen LogP contribution in [0.2, 0.25) is 0 Å². The third kappa shape index (κ3) is 7.47. The van der Waals surface area contributed by atoms with E-state index in [4.69, 9.17) is 19.2 Å². The number of benzene rings is 2. The highest BCUT2D eigenvalue weighted by atomic mass is 16.6. The van der Waals surface area contributed by atoms with Gasteiger partial charge in [-0.25, -0.2) is 34.1 Å². The molecule has 66 heavy (non-hydrogen) atoms. The molecule has 0 unspecified atom stereocenters. The third-order valence-electron chi connectivity index (χ3n) is 12.7. The van der Waals surface area contributed by atoms with E-state index in [-0.39, 0.29) is 60.6 Å². The molecule has 0 spiro atoms. The summed E-state index contributed by atoms with van der Waals surface area (Å²) in [4.78, 5) is 86.0. The Morgan fingerprint density at radius 3 is 1.83 bits per heavy atom. The maximum atomic E-state index is 13.3. The van der Waals surface area contributed by atoms with E-state index in [1.165, 1.54) is 6.08 Å². The van der Waals surface area contributed by atoms with E-state index in [9.17, 15) is 44.1 Å². The van der Waals surface area contributed by atoms with Crippen LogP contribution in [0, 0.1) is 0 Å². The molecule has 338 valence electrons. The summed E-state index contributed by atoms with van der Waals surface area (Å²) in [6, 6.07) is 17.2. The van der Waals surface area contributed by atoms with E-state index in [1.54, 1.807) is 71.5 Å². The van der Waals surface area contributed by atoms with Crippen molar-refractivity contribution in [2.75, 3.05) is 13.1 Å². The number of hydrogen-bond acceptors (Lipinski definition) is 15. The van der Waals surface area contributed by atoms with Gasteiger partial charge in [0.2, 0.25) is 6.08 Å². The van der Waals surface area contributed by atoms with Crippen molar-refractivity contribution in [1.82, 2.24) is 24.4 Å². The number of carbonyl (C=O) groups excluding carboxylic acids is 4. The SMILES string of the molecule is CC[C@]1(O)C(=O)OCc2c1cc1n(c2=O)Cc2cc3cc(O)ccc3nc2-1.CC[C@]1(O)C(=O)OCc2c1cc1n(c2=O)Cc2cc3cc(OC(=O)NCCCCCCN=C=O)ccc3nc2-1. The third-order valence-corrected chi connectivity index (χ3v) is 12.7. The minimum absolute atomic E-state index is 0.0775. The van der Waals surface area contributed by atoms with Gasteiger partial charge in [0.1, 0.15) is 24.7 Å². The number of nitrogens with zero attached hydrogens (tertiary/aromatic N) is 5. The zero-order valence-electron chi connectivity index (χ0n) is 36.0. The number of carbonyl (C=O) groups is 3. The lowest BCUT2D eigenvalue weighted by molar-refractivity contribution is -0.172. The van der Waals surface area contributed by atoms with Crippen molar-refractivity contribution < 1.29 is 48.7 Å². The molecule has 1 amide bonds. The average Bonchev–Trinajstić information content (AvgIpc) is 3.86. The highest BCUT2D eigenvalue weighted by Gasteiger charge is 2.46. The minimum atomic E-state index is -1.87. The smallest absolute Gasteiger partial charge is 0.412 e. The summed E-state index contributed by atoms with van der Waals surface area (Å²) in [5.41, 5.74) is 2.18. The fraction of sp³-hybridized carbons (Fsp3) is 0.333. The summed E-state index contributed by atoms with van der Waals surface area (Å²) in [6.45, 7) is 4.58. The van der Waals surface area contributed by atoms with Gasteiger partial charge in [0, 0.05) is 39.6 Å². The van der Waals surface area contributed by atoms with Crippen molar-refractivity contribution in [2.45, 2.75) is 89.9 Å². The van der Waals surface area contributed by atoms with Crippen LogP contribution in [-0.2, 0) is 61.4 Å². The van der Waals surface area contributed by atoms with Gasteiger partial charge >= 0.3 is 18.0 Å². The van der Waals surface area contributed by atoms with Crippen molar-refractivity contribution in [3.05, 3.63) is 115 Å². The first kappa shape index (κ1) is 43.7. The van der Waals surface area contributed by atoms with Gasteiger partial charge in [0.25, 0.3) is 11.1 Å². The number of isocyanates is 1. The van der Waals surface area contributed by atoms with E-state index < -0.39 is 29.2 Å². The number of phenols is 1. The van der Waals surface area contributed by atoms with Gasteiger partial charge in [0.05, 0.1) is 64.6 Å². The largest absolute Gasteiger partial charge is 0.508 e. The van der Waals surface area contributed by atoms with E-state index in [0.717, 1.165) is 47.6 Å². The molecular weight excluding hydrogens is 853 g/mol. The quantitative estimate of drug-likeness (QED) is 0.0620. The fourth-order valence-corrected chi connectivity index (χ4v) is 9.05. The number of fused-ring (bicyclic) bond motifs is 10. The summed E-state index contributed by atoms with van der Waals surface area (Å²) >= 11 is 0. The number of cyclic esters (lactones) is 2. The molecule has 10 rings (SSSR count). The van der Waals surface area contributed by atoms with Crippen LogP contribution in [0.4, 0.5) is 4.79 Å². The van der Waals surface area contributed by atoms with Crippen LogP contribution < -0.4 is 21.2 Å². The van der Waals surface area contributed by atoms with Gasteiger partial charge in [-0.2, -0.15) is 0 Å². The zero-order chi connectivity index (χ0) is 46.5. The second-order valence-corrected chi connectivity index (χ2v) is 16.6. The lowest BCUT2D eigenvalue weighted by atomic mass is 9.86. The summed E-state index contributed by atoms with van der Waals surface area (Å²) in [5, 5.41) is 35.8. The van der Waals surface area contributed by atoms with Crippen molar-refractivity contribution in [3.8, 4) is 34.3 Å². The standard InChI is InChI=1S/C28H28N4O7.C20H16N2O5/c1-2-28(37)21-13-23-24-18(14-32(23)25(34)20(21)15-38-26(28)35)11-17-12-19(7-8-22(17)31-24)39-27(36)30-10-6-4-3-5-9-29-16-33;1-2-20(26)14-7-16-17-11(5-10-6-12(23)3-4-15(10)21-17)8-22(16)18(24)13(14)9-27-19(20)25/h7-8,11-13,37H,2-6,9-10,14-15H2,1H3,(H,30,36);3-7,23,26H,2,8-9H2,1H3/t28-;20-/m11/s1. The lowest BCUT2D eigenvalue weighted by Gasteiger charge is -2.31. The van der Waals surface area contributed by atoms with Crippen LogP contribution in [0.5, 0.6) is 11.5 Å². The number of rotatable bonds is 10. The van der Waals surface area contributed by atoms with Gasteiger partial charge in [0.15, 0.2) is 11.2 Å². The van der Waals surface area contributed by atoms with E-state index in [2.05, 4.69) is 15.3 Å². The molecule has 2 aromatic carbocycles. The molecule has 0 saturated heterocycles. The highest BCUT2D eigenvalue weighted by molar-refractivity contribution is 5.89. The summed E-state index contributed by atoms with van der Waals surface area (Å²) < 4.78 is 18.8. The molecule has 4 N–H and O–H groups in total. The first-order chi connectivity index (χ1) is 31.8. The number of unbranched alkanes of at least 4 members (excludes halogenated alkanes) is 3. The number of aliphatic imine (C=N–C) groups is 1. The normalized spacial score (nSPS) is 18.3. The van der Waals surface area contributed by atoms with Gasteiger partial charge in [-0.15, -0.1) is 0 Å². The molecule has 0 bridgehead atoms. The first-order valence-corrected chi connectivity index (χ1v) is 21.7. The van der Waals surface area contributed by atoms with Crippen molar-refractivity contribution in [2.24, 2.45) is 4.99 Å². The molecule has 0 radical (unpaired) electrons. The molecule has 4 aromatic heterocycles. The van der Waals surface area contributed by atoms with Crippen LogP contribution in [0.25, 0.3) is 44.6 Å². The fourth-order valence-electron chi connectivity index (χ4n) is 9.05. The topological polar surface area (TPSA) is 251 Å². The second-order valence-electron chi connectivity index (χ2n) is 16.6. The summed E-state index contributed by atoms with van der Waals surface area (Å²) in [7, 11) is 0. The molecule has 4 aliphatic rings. The minimum Gasteiger partial charge on any atom is -0.508 e. The molecule has 2 atom stereocenters.